The second-order valence-corrected chi connectivity index (χ2v) is 7.77. The number of hydrogen-bond acceptors (Lipinski definition) is 5. The lowest BCUT2D eigenvalue weighted by molar-refractivity contribution is 0.475. The van der Waals surface area contributed by atoms with E-state index in [9.17, 15) is 14.3 Å². The van der Waals surface area contributed by atoms with Crippen molar-refractivity contribution in [3.8, 4) is 16.9 Å². The average Bonchev–Trinajstić information content (AvgIpc) is 3.26. The predicted molar refractivity (Wildman–Crippen MR) is 125 cm³/mol. The maximum atomic E-state index is 13.3. The molecule has 0 saturated carbocycles. The number of rotatable bonds is 6. The van der Waals surface area contributed by atoms with E-state index < -0.39 is 5.63 Å². The zero-order valence-electron chi connectivity index (χ0n) is 17.5. The summed E-state index contributed by atoms with van der Waals surface area (Å²) in [6, 6.07) is 20.2. The van der Waals surface area contributed by atoms with E-state index >= 15 is 0 Å². The third-order valence-corrected chi connectivity index (χ3v) is 5.38. The summed E-state index contributed by atoms with van der Waals surface area (Å²) in [5.41, 5.74) is 4.37. The van der Waals surface area contributed by atoms with Gasteiger partial charge in [0.1, 0.15) is 17.1 Å². The number of halogens is 1. The van der Waals surface area contributed by atoms with Gasteiger partial charge in [0.05, 0.1) is 6.20 Å². The third-order valence-electron chi connectivity index (χ3n) is 5.38. The number of aromatic nitrogens is 2. The highest BCUT2D eigenvalue weighted by Crippen LogP contribution is 2.28. The minimum atomic E-state index is -0.461. The summed E-state index contributed by atoms with van der Waals surface area (Å²) < 4.78 is 18.7. The SMILES string of the molecule is O=c1cc(-c2ccc(F)cc2)c2ccc(CNc3ncc(Cc4ccc(O)cc4)[nH]3)cc2o1. The van der Waals surface area contributed by atoms with Crippen molar-refractivity contribution >= 4 is 16.9 Å². The highest BCUT2D eigenvalue weighted by atomic mass is 19.1. The molecule has 5 rings (SSSR count). The van der Waals surface area contributed by atoms with Crippen molar-refractivity contribution in [2.24, 2.45) is 0 Å². The fraction of sp³-hybridized carbons (Fsp3) is 0.0769. The van der Waals surface area contributed by atoms with Crippen LogP contribution in [0.5, 0.6) is 5.75 Å². The molecule has 0 unspecified atom stereocenters. The number of aromatic amines is 1. The van der Waals surface area contributed by atoms with Gasteiger partial charge in [0.25, 0.3) is 0 Å². The summed E-state index contributed by atoms with van der Waals surface area (Å²) in [4.78, 5) is 19.7. The van der Waals surface area contributed by atoms with Gasteiger partial charge in [0.15, 0.2) is 0 Å². The zero-order valence-corrected chi connectivity index (χ0v) is 17.5. The summed E-state index contributed by atoms with van der Waals surface area (Å²) in [7, 11) is 0. The molecule has 3 aromatic carbocycles. The van der Waals surface area contributed by atoms with Crippen molar-refractivity contribution in [1.29, 1.82) is 0 Å². The van der Waals surface area contributed by atoms with E-state index in [2.05, 4.69) is 15.3 Å². The number of aromatic hydroxyl groups is 1. The van der Waals surface area contributed by atoms with E-state index in [0.717, 1.165) is 27.8 Å². The second-order valence-electron chi connectivity index (χ2n) is 7.77. The minimum absolute atomic E-state index is 0.238. The molecule has 0 fully saturated rings. The second kappa shape index (κ2) is 8.63. The summed E-state index contributed by atoms with van der Waals surface area (Å²) >= 11 is 0. The van der Waals surface area contributed by atoms with Crippen molar-refractivity contribution in [1.82, 2.24) is 9.97 Å². The van der Waals surface area contributed by atoms with Crippen molar-refractivity contribution in [3.05, 3.63) is 112 Å². The third kappa shape index (κ3) is 4.62. The monoisotopic (exact) mass is 441 g/mol. The van der Waals surface area contributed by atoms with Crippen LogP contribution in [0.15, 0.2) is 88.2 Å². The first-order valence-corrected chi connectivity index (χ1v) is 10.4. The predicted octanol–water partition coefficient (Wildman–Crippen LogP) is 5.23. The molecule has 0 aliphatic carbocycles. The molecule has 0 amide bonds. The number of H-pyrrole nitrogens is 1. The van der Waals surface area contributed by atoms with Crippen LogP contribution in [-0.2, 0) is 13.0 Å². The highest BCUT2D eigenvalue weighted by Gasteiger charge is 2.10. The van der Waals surface area contributed by atoms with E-state index in [1.165, 1.54) is 18.2 Å². The lowest BCUT2D eigenvalue weighted by Crippen LogP contribution is -2.02. The molecule has 0 aliphatic heterocycles. The fourth-order valence-corrected chi connectivity index (χ4v) is 3.74. The molecule has 0 spiro atoms. The van der Waals surface area contributed by atoms with Gasteiger partial charge in [-0.15, -0.1) is 0 Å². The molecule has 7 heteroatoms. The number of hydrogen-bond donors (Lipinski definition) is 3. The first-order valence-electron chi connectivity index (χ1n) is 10.4. The molecule has 33 heavy (non-hydrogen) atoms. The Morgan fingerprint density at radius 2 is 1.73 bits per heavy atom. The number of nitrogens with zero attached hydrogens (tertiary/aromatic N) is 1. The lowest BCUT2D eigenvalue weighted by atomic mass is 10.0. The van der Waals surface area contributed by atoms with Crippen molar-refractivity contribution in [2.45, 2.75) is 13.0 Å². The number of imidazole rings is 1. The van der Waals surface area contributed by atoms with Crippen LogP contribution >= 0.6 is 0 Å². The number of phenolic OH excluding ortho intramolecular Hbond substituents is 1. The lowest BCUT2D eigenvalue weighted by Gasteiger charge is -2.08. The Morgan fingerprint density at radius 1 is 0.970 bits per heavy atom. The molecular formula is C26H20FN3O3. The maximum absolute atomic E-state index is 13.3. The molecule has 2 heterocycles. The normalized spacial score (nSPS) is 11.1. The molecule has 0 bridgehead atoms. The number of benzene rings is 3. The van der Waals surface area contributed by atoms with Gasteiger partial charge in [-0.1, -0.05) is 36.4 Å². The van der Waals surface area contributed by atoms with E-state index in [0.29, 0.717) is 30.1 Å². The van der Waals surface area contributed by atoms with Gasteiger partial charge in [-0.3, -0.25) is 0 Å². The summed E-state index contributed by atoms with van der Waals surface area (Å²) in [5, 5.41) is 13.4. The van der Waals surface area contributed by atoms with Crippen molar-refractivity contribution in [3.63, 3.8) is 0 Å². The first-order chi connectivity index (χ1) is 16.0. The van der Waals surface area contributed by atoms with Gasteiger partial charge >= 0.3 is 5.63 Å². The van der Waals surface area contributed by atoms with Crippen LogP contribution in [0.25, 0.3) is 22.1 Å². The molecule has 0 saturated heterocycles. The van der Waals surface area contributed by atoms with Gasteiger partial charge in [0, 0.05) is 30.1 Å². The Morgan fingerprint density at radius 3 is 2.52 bits per heavy atom. The van der Waals surface area contributed by atoms with Crippen LogP contribution in [0.2, 0.25) is 0 Å². The van der Waals surface area contributed by atoms with Gasteiger partial charge < -0.3 is 19.8 Å². The van der Waals surface area contributed by atoms with Gasteiger partial charge in [-0.05, 0) is 52.6 Å². The van der Waals surface area contributed by atoms with Gasteiger partial charge in [0.2, 0.25) is 5.95 Å². The zero-order chi connectivity index (χ0) is 22.8. The van der Waals surface area contributed by atoms with Crippen LogP contribution in [0.4, 0.5) is 10.3 Å². The standard InChI is InChI=1S/C26H20FN3O3/c27-19-6-4-18(5-7-19)23-13-25(32)33-24-12-17(3-10-22(23)24)14-28-26-29-15-20(30-26)11-16-1-8-21(31)9-2-16/h1-10,12-13,15,31H,11,14H2,(H2,28,29,30). The quantitative estimate of drug-likeness (QED) is 0.314. The maximum Gasteiger partial charge on any atom is 0.336 e. The van der Waals surface area contributed by atoms with Gasteiger partial charge in [-0.25, -0.2) is 14.2 Å². The van der Waals surface area contributed by atoms with Crippen LogP contribution in [0, 0.1) is 5.82 Å². The smallest absolute Gasteiger partial charge is 0.336 e. The van der Waals surface area contributed by atoms with E-state index in [1.54, 1.807) is 30.5 Å². The molecule has 6 nitrogen and oxygen atoms in total. The van der Waals surface area contributed by atoms with Crippen molar-refractivity contribution in [2.75, 3.05) is 5.32 Å². The van der Waals surface area contributed by atoms with E-state index in [1.807, 2.05) is 30.3 Å². The molecule has 5 aromatic rings. The Hall–Kier alpha value is -4.39. The fourth-order valence-electron chi connectivity index (χ4n) is 3.74. The number of fused-ring (bicyclic) bond motifs is 1. The first kappa shape index (κ1) is 20.5. The molecule has 3 N–H and O–H groups in total. The molecule has 2 aromatic heterocycles. The topological polar surface area (TPSA) is 91.1 Å². The van der Waals surface area contributed by atoms with E-state index in [-0.39, 0.29) is 11.6 Å². The molecule has 0 radical (unpaired) electrons. The number of nitrogens with one attached hydrogen (secondary N) is 2. The van der Waals surface area contributed by atoms with Crippen LogP contribution < -0.4 is 10.9 Å². The Kier molecular flexibility index (Phi) is 5.36. The number of phenols is 1. The highest BCUT2D eigenvalue weighted by molar-refractivity contribution is 5.93. The summed E-state index contributed by atoms with van der Waals surface area (Å²) in [5.74, 6) is 0.538. The molecule has 0 atom stereocenters. The largest absolute Gasteiger partial charge is 0.508 e. The van der Waals surface area contributed by atoms with E-state index in [4.69, 9.17) is 4.42 Å². The summed E-state index contributed by atoms with van der Waals surface area (Å²) in [6.45, 7) is 0.479. The Bertz CT molecular complexity index is 1470. The van der Waals surface area contributed by atoms with Crippen LogP contribution in [0.3, 0.4) is 0 Å². The summed E-state index contributed by atoms with van der Waals surface area (Å²) in [6.07, 6.45) is 2.44. The van der Waals surface area contributed by atoms with Crippen LogP contribution in [0.1, 0.15) is 16.8 Å². The van der Waals surface area contributed by atoms with Gasteiger partial charge in [-0.2, -0.15) is 0 Å². The van der Waals surface area contributed by atoms with Crippen LogP contribution in [-0.4, -0.2) is 15.1 Å². The number of anilines is 1. The molecular weight excluding hydrogens is 421 g/mol. The van der Waals surface area contributed by atoms with Crippen molar-refractivity contribution < 1.29 is 13.9 Å². The molecule has 164 valence electrons. The minimum Gasteiger partial charge on any atom is -0.508 e. The Balaban J connectivity index is 1.33. The molecule has 0 aliphatic rings. The average molecular weight is 441 g/mol. The Labute approximate surface area is 188 Å².